The average Bonchev–Trinajstić information content (AvgIpc) is 2.91. The second-order valence-electron chi connectivity index (χ2n) is 8.02. The molecule has 0 saturated heterocycles. The van der Waals surface area contributed by atoms with Crippen molar-refractivity contribution in [3.63, 3.8) is 0 Å². The van der Waals surface area contributed by atoms with Crippen LogP contribution in [0.2, 0.25) is 10.0 Å². The van der Waals surface area contributed by atoms with Gasteiger partial charge in [0.15, 0.2) is 0 Å². The highest BCUT2D eigenvalue weighted by atomic mass is 35.5. The van der Waals surface area contributed by atoms with Crippen LogP contribution in [-0.4, -0.2) is 29.9 Å². The molecule has 0 bridgehead atoms. The summed E-state index contributed by atoms with van der Waals surface area (Å²) >= 11 is 11.9. The van der Waals surface area contributed by atoms with Crippen molar-refractivity contribution in [2.75, 3.05) is 18.0 Å². The van der Waals surface area contributed by atoms with Gasteiger partial charge in [-0.2, -0.15) is 10.5 Å². The molecule has 0 fully saturated rings. The Balaban J connectivity index is 1.97. The van der Waals surface area contributed by atoms with Gasteiger partial charge in [-0.15, -0.1) is 15.3 Å². The minimum atomic E-state index is -0.683. The topological polar surface area (TPSA) is 137 Å². The van der Waals surface area contributed by atoms with E-state index in [0.29, 0.717) is 42.2 Å². The molecule has 0 saturated carbocycles. The Kier molecular flexibility index (Phi) is 10.2. The predicted octanol–water partition coefficient (Wildman–Crippen LogP) is 6.52. The van der Waals surface area contributed by atoms with Crippen molar-refractivity contribution in [2.45, 2.75) is 19.8 Å². The number of anilines is 1. The second kappa shape index (κ2) is 13.8. The van der Waals surface area contributed by atoms with Gasteiger partial charge < -0.3 is 10.0 Å². The average molecular weight is 548 g/mol. The number of nitrogens with one attached hydrogen (secondary N) is 1. The van der Waals surface area contributed by atoms with E-state index in [-0.39, 0.29) is 22.2 Å². The van der Waals surface area contributed by atoms with E-state index in [1.54, 1.807) is 30.3 Å². The van der Waals surface area contributed by atoms with Gasteiger partial charge >= 0.3 is 0 Å². The number of carbonyl (C=O) groups is 1. The number of amides is 1. The van der Waals surface area contributed by atoms with Crippen LogP contribution in [0.15, 0.2) is 76.0 Å². The first-order chi connectivity index (χ1) is 18.3. The van der Waals surface area contributed by atoms with E-state index in [1.807, 2.05) is 24.0 Å². The molecular formula is C27H23Cl2N7O2. The number of hydrazone groups is 1. The van der Waals surface area contributed by atoms with Crippen molar-refractivity contribution in [1.29, 1.82) is 10.5 Å². The Labute approximate surface area is 230 Å². The van der Waals surface area contributed by atoms with Crippen LogP contribution in [0.1, 0.15) is 34.3 Å². The zero-order valence-corrected chi connectivity index (χ0v) is 21.9. The first-order valence-corrected chi connectivity index (χ1v) is 12.2. The lowest BCUT2D eigenvalue weighted by molar-refractivity contribution is 0.0952. The molecule has 1 amide bonds. The van der Waals surface area contributed by atoms with Gasteiger partial charge in [0, 0.05) is 34.4 Å². The summed E-state index contributed by atoms with van der Waals surface area (Å²) in [6.07, 6.45) is 0.632. The Bertz CT molecular complexity index is 1420. The number of phenols is 1. The molecule has 192 valence electrons. The molecule has 11 heteroatoms. The molecular weight excluding hydrogens is 525 g/mol. The van der Waals surface area contributed by atoms with Crippen LogP contribution >= 0.6 is 23.2 Å². The first-order valence-electron chi connectivity index (χ1n) is 11.5. The van der Waals surface area contributed by atoms with Crippen molar-refractivity contribution >= 4 is 46.3 Å². The number of carbonyl (C=O) groups excluding carboxylic acids is 1. The fourth-order valence-corrected chi connectivity index (χ4v) is 3.74. The molecule has 0 aliphatic rings. The molecule has 2 N–H and O–H groups in total. The third-order valence-corrected chi connectivity index (χ3v) is 5.84. The summed E-state index contributed by atoms with van der Waals surface area (Å²) in [5.74, 6) is -0.820. The molecule has 0 aromatic heterocycles. The SMILES string of the molecule is Cc1cc(N(CCC#N)CCC#N)ccc1C(N=Nc1ccc(Cl)cc1)=NNC(=O)c1cc(Cl)ccc1O. The normalized spacial score (nSPS) is 11.1. The largest absolute Gasteiger partial charge is 0.507 e. The standard InChI is InChI=1S/C27H23Cl2N7O2/c1-18-16-22(36(14-2-12-30)15-3-13-31)9-10-23(18)26(33-32-21-7-4-19(28)5-8-21)34-35-27(38)24-17-20(29)6-11-25(24)37/h4-11,16-17,37H,2-3,14-15H2,1H3,(H,35,38). The Hall–Kier alpha value is -4.44. The van der Waals surface area contributed by atoms with Gasteiger partial charge in [-0.25, -0.2) is 5.43 Å². The number of nitriles is 2. The van der Waals surface area contributed by atoms with Crippen molar-refractivity contribution < 1.29 is 9.90 Å². The van der Waals surface area contributed by atoms with E-state index in [2.05, 4.69) is 32.9 Å². The molecule has 0 aliphatic carbocycles. The molecule has 0 unspecified atom stereocenters. The maximum Gasteiger partial charge on any atom is 0.275 e. The number of phenolic OH excluding ortho intramolecular Hbond substituents is 1. The number of nitrogens with zero attached hydrogens (tertiary/aromatic N) is 6. The highest BCUT2D eigenvalue weighted by Crippen LogP contribution is 2.24. The molecule has 3 rings (SSSR count). The van der Waals surface area contributed by atoms with E-state index in [4.69, 9.17) is 33.7 Å². The lowest BCUT2D eigenvalue weighted by atomic mass is 10.1. The van der Waals surface area contributed by atoms with E-state index in [0.717, 1.165) is 11.3 Å². The number of aryl methyl sites for hydroxylation is 1. The minimum Gasteiger partial charge on any atom is -0.507 e. The summed E-state index contributed by atoms with van der Waals surface area (Å²) in [6, 6.07) is 20.6. The molecule has 9 nitrogen and oxygen atoms in total. The van der Waals surface area contributed by atoms with E-state index < -0.39 is 5.91 Å². The maximum atomic E-state index is 12.7. The third kappa shape index (κ3) is 7.78. The molecule has 0 atom stereocenters. The van der Waals surface area contributed by atoms with Crippen LogP contribution < -0.4 is 10.3 Å². The van der Waals surface area contributed by atoms with Crippen molar-refractivity contribution in [1.82, 2.24) is 5.43 Å². The summed E-state index contributed by atoms with van der Waals surface area (Å²) in [5.41, 5.74) is 5.07. The van der Waals surface area contributed by atoms with Crippen LogP contribution in [0, 0.1) is 29.6 Å². The molecule has 0 radical (unpaired) electrons. The van der Waals surface area contributed by atoms with E-state index >= 15 is 0 Å². The lowest BCUT2D eigenvalue weighted by Gasteiger charge is -2.23. The van der Waals surface area contributed by atoms with Gasteiger partial charge in [-0.05, 0) is 73.2 Å². The number of aromatic hydroxyl groups is 1. The van der Waals surface area contributed by atoms with E-state index in [9.17, 15) is 9.90 Å². The first kappa shape index (κ1) is 28.1. The highest BCUT2D eigenvalue weighted by Gasteiger charge is 2.15. The van der Waals surface area contributed by atoms with Crippen LogP contribution in [0.5, 0.6) is 5.75 Å². The zero-order chi connectivity index (χ0) is 27.5. The number of azo groups is 1. The molecule has 0 spiro atoms. The minimum absolute atomic E-state index is 0.0482. The number of hydrogen-bond donors (Lipinski definition) is 2. The van der Waals surface area contributed by atoms with E-state index in [1.165, 1.54) is 18.2 Å². The number of hydrogen-bond acceptors (Lipinski definition) is 7. The fraction of sp³-hybridized carbons (Fsp3) is 0.185. The monoisotopic (exact) mass is 547 g/mol. The van der Waals surface area contributed by atoms with Crippen LogP contribution in [0.3, 0.4) is 0 Å². The van der Waals surface area contributed by atoms with Crippen LogP contribution in [0.4, 0.5) is 11.4 Å². The van der Waals surface area contributed by atoms with Crippen molar-refractivity contribution in [3.8, 4) is 17.9 Å². The van der Waals surface area contributed by atoms with Gasteiger partial charge in [0.2, 0.25) is 5.84 Å². The van der Waals surface area contributed by atoms with Gasteiger partial charge in [-0.1, -0.05) is 23.2 Å². The fourth-order valence-electron chi connectivity index (χ4n) is 3.44. The second-order valence-corrected chi connectivity index (χ2v) is 8.89. The number of halogens is 2. The summed E-state index contributed by atoms with van der Waals surface area (Å²) in [5, 5.41) is 41.5. The van der Waals surface area contributed by atoms with Crippen LogP contribution in [0.25, 0.3) is 0 Å². The zero-order valence-electron chi connectivity index (χ0n) is 20.4. The van der Waals surface area contributed by atoms with Gasteiger partial charge in [0.25, 0.3) is 5.91 Å². The molecule has 0 aliphatic heterocycles. The summed E-state index contributed by atoms with van der Waals surface area (Å²) < 4.78 is 0. The summed E-state index contributed by atoms with van der Waals surface area (Å²) in [4.78, 5) is 14.7. The Morgan fingerprint density at radius 1 is 0.947 bits per heavy atom. The summed E-state index contributed by atoms with van der Waals surface area (Å²) in [7, 11) is 0. The van der Waals surface area contributed by atoms with Crippen molar-refractivity contribution in [3.05, 3.63) is 87.4 Å². The number of benzene rings is 3. The highest BCUT2D eigenvalue weighted by molar-refractivity contribution is 6.31. The Morgan fingerprint density at radius 2 is 1.61 bits per heavy atom. The molecule has 3 aromatic carbocycles. The molecule has 38 heavy (non-hydrogen) atoms. The van der Waals surface area contributed by atoms with Crippen LogP contribution in [-0.2, 0) is 0 Å². The third-order valence-electron chi connectivity index (χ3n) is 5.36. The molecule has 0 heterocycles. The van der Waals surface area contributed by atoms with Gasteiger partial charge in [-0.3, -0.25) is 4.79 Å². The predicted molar refractivity (Wildman–Crippen MR) is 147 cm³/mol. The quantitative estimate of drug-likeness (QED) is 0.136. The van der Waals surface area contributed by atoms with Gasteiger partial charge in [0.1, 0.15) is 5.75 Å². The number of amidine groups is 1. The maximum absolute atomic E-state index is 12.7. The smallest absolute Gasteiger partial charge is 0.275 e. The Morgan fingerprint density at radius 3 is 2.24 bits per heavy atom. The van der Waals surface area contributed by atoms with Gasteiger partial charge in [0.05, 0.1) is 36.2 Å². The summed E-state index contributed by atoms with van der Waals surface area (Å²) in [6.45, 7) is 2.81. The van der Waals surface area contributed by atoms with Crippen molar-refractivity contribution in [2.24, 2.45) is 15.3 Å². The number of rotatable bonds is 9. The molecule has 3 aromatic rings. The lowest BCUT2D eigenvalue weighted by Crippen LogP contribution is -2.25.